The lowest BCUT2D eigenvalue weighted by Gasteiger charge is -2.13. The van der Waals surface area contributed by atoms with Gasteiger partial charge in [0.05, 0.1) is 5.52 Å². The molecule has 0 radical (unpaired) electrons. The molecule has 142 valence electrons. The van der Waals surface area contributed by atoms with Crippen LogP contribution in [0.4, 0.5) is 10.1 Å². The monoisotopic (exact) mass is 389 g/mol. The number of nitrogens with one attached hydrogen (secondary N) is 1. The zero-order valence-corrected chi connectivity index (χ0v) is 16.1. The van der Waals surface area contributed by atoms with Crippen molar-refractivity contribution in [3.05, 3.63) is 61.9 Å². The van der Waals surface area contributed by atoms with Crippen LogP contribution in [0.1, 0.15) is 19.4 Å². The molecule has 0 spiro atoms. The summed E-state index contributed by atoms with van der Waals surface area (Å²) < 4.78 is 16.6. The minimum atomic E-state index is -0.523. The molecular weight excluding hydrogens is 369 g/mol. The highest BCUT2D eigenvalue weighted by molar-refractivity contribution is 7.17. The Kier molecular flexibility index (Phi) is 5.27. The zero-order chi connectivity index (χ0) is 19.7. The van der Waals surface area contributed by atoms with Gasteiger partial charge in [-0.15, -0.1) is 11.3 Å². The molecule has 0 saturated heterocycles. The maximum Gasteiger partial charge on any atom is 0.332 e. The summed E-state index contributed by atoms with van der Waals surface area (Å²) in [5.41, 5.74) is 0.360. The number of hydrogen-bond acceptors (Lipinski definition) is 4. The number of carbonyl (C=O) groups is 1. The van der Waals surface area contributed by atoms with Crippen LogP contribution in [0.15, 0.2) is 39.2 Å². The molecule has 0 bridgehead atoms. The number of nitrogens with zero attached hydrogens (tertiary/aromatic N) is 2. The molecule has 1 amide bonds. The first-order valence-corrected chi connectivity index (χ1v) is 9.42. The summed E-state index contributed by atoms with van der Waals surface area (Å²) >= 11 is 1.24. The van der Waals surface area contributed by atoms with Crippen LogP contribution in [0.25, 0.3) is 10.2 Å². The predicted octanol–water partition coefficient (Wildman–Crippen LogP) is 2.97. The van der Waals surface area contributed by atoms with Crippen LogP contribution in [0.3, 0.4) is 0 Å². The maximum atomic E-state index is 13.7. The summed E-state index contributed by atoms with van der Waals surface area (Å²) in [5, 5.41) is 4.31. The number of thiophene rings is 1. The van der Waals surface area contributed by atoms with Crippen molar-refractivity contribution in [1.29, 1.82) is 0 Å². The van der Waals surface area contributed by atoms with E-state index in [1.54, 1.807) is 30.5 Å². The van der Waals surface area contributed by atoms with Crippen LogP contribution in [-0.2, 0) is 17.9 Å². The topological polar surface area (TPSA) is 73.1 Å². The first kappa shape index (κ1) is 19.0. The van der Waals surface area contributed by atoms with E-state index in [0.717, 1.165) is 0 Å². The molecule has 0 fully saturated rings. The fourth-order valence-corrected chi connectivity index (χ4v) is 3.67. The molecule has 0 aliphatic carbocycles. The Bertz CT molecular complexity index is 1130. The molecule has 2 heterocycles. The second-order valence-corrected chi connectivity index (χ2v) is 7.74. The summed E-state index contributed by atoms with van der Waals surface area (Å²) in [6.07, 6.45) is 0. The fourth-order valence-electron chi connectivity index (χ4n) is 2.83. The van der Waals surface area contributed by atoms with Gasteiger partial charge in [0.15, 0.2) is 0 Å². The number of aromatic nitrogens is 2. The van der Waals surface area contributed by atoms with Gasteiger partial charge in [-0.2, -0.15) is 0 Å². The Hall–Kier alpha value is -2.74. The number of fused-ring (bicyclic) bond motifs is 1. The number of anilines is 1. The Morgan fingerprint density at radius 2 is 1.96 bits per heavy atom. The Balaban J connectivity index is 1.97. The number of benzene rings is 1. The van der Waals surface area contributed by atoms with Gasteiger partial charge in [0.2, 0.25) is 5.91 Å². The summed E-state index contributed by atoms with van der Waals surface area (Å²) in [7, 11) is 0. The molecule has 6 nitrogen and oxygen atoms in total. The Morgan fingerprint density at radius 1 is 1.22 bits per heavy atom. The molecule has 0 aliphatic rings. The van der Waals surface area contributed by atoms with E-state index in [0.29, 0.717) is 21.5 Å². The van der Waals surface area contributed by atoms with Crippen molar-refractivity contribution in [2.75, 3.05) is 5.32 Å². The summed E-state index contributed by atoms with van der Waals surface area (Å²) in [5.74, 6) is -0.788. The van der Waals surface area contributed by atoms with Crippen molar-refractivity contribution in [2.24, 2.45) is 5.92 Å². The minimum absolute atomic E-state index is 0.102. The van der Waals surface area contributed by atoms with E-state index in [1.807, 2.05) is 13.8 Å². The minimum Gasteiger partial charge on any atom is -0.324 e. The number of halogens is 1. The van der Waals surface area contributed by atoms with Crippen LogP contribution >= 0.6 is 11.3 Å². The van der Waals surface area contributed by atoms with Crippen molar-refractivity contribution in [1.82, 2.24) is 9.13 Å². The number of hydrogen-bond donors (Lipinski definition) is 1. The first-order valence-electron chi connectivity index (χ1n) is 8.54. The standard InChI is InChI=1S/C19H20FN3O3S/c1-11(2)9-23-18(25)17-15(6-7-27-17)22(19(23)26)10-16(24)21-13-5-4-12(3)14(20)8-13/h4-8,11H,9-10H2,1-3H3,(H,21,24). The van der Waals surface area contributed by atoms with E-state index in [9.17, 15) is 18.8 Å². The first-order chi connectivity index (χ1) is 12.8. The van der Waals surface area contributed by atoms with E-state index in [-0.39, 0.29) is 24.6 Å². The van der Waals surface area contributed by atoms with Gasteiger partial charge in [-0.05, 0) is 42.0 Å². The number of amides is 1. The molecule has 3 rings (SSSR count). The van der Waals surface area contributed by atoms with Crippen molar-refractivity contribution in [3.8, 4) is 0 Å². The normalized spacial score (nSPS) is 11.3. The van der Waals surface area contributed by atoms with Gasteiger partial charge in [-0.1, -0.05) is 19.9 Å². The molecular formula is C19H20FN3O3S. The van der Waals surface area contributed by atoms with Crippen molar-refractivity contribution in [2.45, 2.75) is 33.9 Å². The molecule has 0 saturated carbocycles. The van der Waals surface area contributed by atoms with Gasteiger partial charge in [0, 0.05) is 12.2 Å². The SMILES string of the molecule is Cc1ccc(NC(=O)Cn2c(=O)n(CC(C)C)c(=O)c3sccc32)cc1F. The predicted molar refractivity (Wildman–Crippen MR) is 105 cm³/mol. The van der Waals surface area contributed by atoms with E-state index in [4.69, 9.17) is 0 Å². The average molecular weight is 389 g/mol. The van der Waals surface area contributed by atoms with E-state index >= 15 is 0 Å². The van der Waals surface area contributed by atoms with Crippen LogP contribution < -0.4 is 16.6 Å². The Labute approximate surface area is 158 Å². The van der Waals surface area contributed by atoms with Crippen LogP contribution in [0, 0.1) is 18.7 Å². The maximum absolute atomic E-state index is 13.7. The van der Waals surface area contributed by atoms with Gasteiger partial charge in [0.25, 0.3) is 5.56 Å². The molecule has 0 aliphatic heterocycles. The smallest absolute Gasteiger partial charge is 0.324 e. The van der Waals surface area contributed by atoms with Gasteiger partial charge < -0.3 is 5.32 Å². The van der Waals surface area contributed by atoms with E-state index in [2.05, 4.69) is 5.32 Å². The van der Waals surface area contributed by atoms with Crippen molar-refractivity contribution < 1.29 is 9.18 Å². The van der Waals surface area contributed by atoms with Crippen molar-refractivity contribution in [3.63, 3.8) is 0 Å². The van der Waals surface area contributed by atoms with Gasteiger partial charge in [-0.25, -0.2) is 9.18 Å². The second kappa shape index (κ2) is 7.48. The Morgan fingerprint density at radius 3 is 2.63 bits per heavy atom. The lowest BCUT2D eigenvalue weighted by atomic mass is 10.2. The molecule has 0 atom stereocenters. The number of carbonyl (C=O) groups excluding carboxylic acids is 1. The summed E-state index contributed by atoms with van der Waals surface area (Å²) in [4.78, 5) is 37.8. The largest absolute Gasteiger partial charge is 0.332 e. The van der Waals surface area contributed by atoms with E-state index in [1.165, 1.54) is 26.5 Å². The fraction of sp³-hybridized carbons (Fsp3) is 0.316. The van der Waals surface area contributed by atoms with Crippen LogP contribution in [0.2, 0.25) is 0 Å². The quantitative estimate of drug-likeness (QED) is 0.729. The molecule has 27 heavy (non-hydrogen) atoms. The molecule has 3 aromatic rings. The summed E-state index contributed by atoms with van der Waals surface area (Å²) in [6.45, 7) is 5.46. The number of rotatable bonds is 5. The lowest BCUT2D eigenvalue weighted by molar-refractivity contribution is -0.116. The van der Waals surface area contributed by atoms with E-state index < -0.39 is 17.4 Å². The molecule has 1 aromatic carbocycles. The molecule has 8 heteroatoms. The second-order valence-electron chi connectivity index (χ2n) is 6.83. The highest BCUT2D eigenvalue weighted by atomic mass is 32.1. The average Bonchev–Trinajstić information content (AvgIpc) is 3.08. The van der Waals surface area contributed by atoms with Crippen LogP contribution in [0.5, 0.6) is 0 Å². The molecule has 2 aromatic heterocycles. The highest BCUT2D eigenvalue weighted by Gasteiger charge is 2.17. The third-order valence-corrected chi connectivity index (χ3v) is 5.03. The van der Waals surface area contributed by atoms with Gasteiger partial charge >= 0.3 is 5.69 Å². The third-order valence-electron chi connectivity index (χ3n) is 4.14. The molecule has 0 unspecified atom stereocenters. The van der Waals surface area contributed by atoms with Gasteiger partial charge in [0.1, 0.15) is 17.1 Å². The number of aryl methyl sites for hydroxylation is 1. The summed E-state index contributed by atoms with van der Waals surface area (Å²) in [6, 6.07) is 6.05. The van der Waals surface area contributed by atoms with Gasteiger partial charge in [-0.3, -0.25) is 18.7 Å². The van der Waals surface area contributed by atoms with Crippen LogP contribution in [-0.4, -0.2) is 15.0 Å². The third kappa shape index (κ3) is 3.85. The highest BCUT2D eigenvalue weighted by Crippen LogP contribution is 2.17. The molecule has 1 N–H and O–H groups in total. The zero-order valence-electron chi connectivity index (χ0n) is 15.3. The van der Waals surface area contributed by atoms with Crippen molar-refractivity contribution >= 4 is 33.1 Å². The lowest BCUT2D eigenvalue weighted by Crippen LogP contribution is -2.42.